The lowest BCUT2D eigenvalue weighted by Gasteiger charge is -2.10. The lowest BCUT2D eigenvalue weighted by Crippen LogP contribution is -2.05. The van der Waals surface area contributed by atoms with E-state index in [0.29, 0.717) is 36.4 Å². The Morgan fingerprint density at radius 2 is 1.87 bits per heavy atom. The average Bonchev–Trinajstić information content (AvgIpc) is 2.51. The fourth-order valence-corrected chi connectivity index (χ4v) is 2.54. The van der Waals surface area contributed by atoms with Gasteiger partial charge in [-0.25, -0.2) is 0 Å². The highest BCUT2D eigenvalue weighted by molar-refractivity contribution is 6.37. The minimum absolute atomic E-state index is 0.0625. The minimum Gasteiger partial charge on any atom is -0.505 e. The Kier molecular flexibility index (Phi) is 5.74. The summed E-state index contributed by atoms with van der Waals surface area (Å²) in [5, 5.41) is 9.62. The summed E-state index contributed by atoms with van der Waals surface area (Å²) in [6.45, 7) is 2.33. The first-order valence-corrected chi connectivity index (χ1v) is 7.84. The molecule has 0 aliphatic rings. The Balaban J connectivity index is 1.89. The number of phenols is 1. The van der Waals surface area contributed by atoms with E-state index in [4.69, 9.17) is 33.7 Å². The summed E-state index contributed by atoms with van der Waals surface area (Å²) in [5.74, 6) is 0.389. The summed E-state index contributed by atoms with van der Waals surface area (Å²) in [6.07, 6.45) is 0.835. The summed E-state index contributed by atoms with van der Waals surface area (Å²) >= 11 is 11.6. The Morgan fingerprint density at radius 3 is 2.52 bits per heavy atom. The van der Waals surface area contributed by atoms with Crippen LogP contribution >= 0.6 is 23.2 Å². The molecule has 0 aliphatic heterocycles. The number of aryl methyl sites for hydroxylation is 1. The van der Waals surface area contributed by atoms with E-state index in [1.165, 1.54) is 12.1 Å². The third-order valence-electron chi connectivity index (χ3n) is 3.36. The molecule has 4 nitrogen and oxygen atoms in total. The zero-order valence-corrected chi connectivity index (χ0v) is 14.1. The first kappa shape index (κ1) is 17.4. The van der Waals surface area contributed by atoms with E-state index in [1.807, 2.05) is 19.1 Å². The van der Waals surface area contributed by atoms with Gasteiger partial charge in [-0.2, -0.15) is 0 Å². The van der Waals surface area contributed by atoms with Crippen LogP contribution in [-0.2, 0) is 0 Å². The molecule has 0 aromatic heterocycles. The highest BCUT2D eigenvalue weighted by atomic mass is 35.5. The van der Waals surface area contributed by atoms with Crippen LogP contribution < -0.4 is 10.5 Å². The molecule has 2 aromatic rings. The SMILES string of the molecule is Cc1ccc(N)cc1OCCCC(=O)c1cc(Cl)c(O)c(Cl)c1. The van der Waals surface area contributed by atoms with Gasteiger partial charge in [-0.05, 0) is 37.1 Å². The second-order valence-electron chi connectivity index (χ2n) is 5.19. The van der Waals surface area contributed by atoms with Gasteiger partial charge in [0.2, 0.25) is 0 Å². The van der Waals surface area contributed by atoms with E-state index in [2.05, 4.69) is 0 Å². The van der Waals surface area contributed by atoms with Crippen molar-refractivity contribution in [3.63, 3.8) is 0 Å². The average molecular weight is 354 g/mol. The van der Waals surface area contributed by atoms with Crippen molar-refractivity contribution in [2.24, 2.45) is 0 Å². The molecule has 0 heterocycles. The Labute approximate surface area is 144 Å². The number of hydrogen-bond donors (Lipinski definition) is 2. The lowest BCUT2D eigenvalue weighted by atomic mass is 10.1. The summed E-state index contributed by atoms with van der Waals surface area (Å²) in [7, 11) is 0. The molecule has 0 aliphatic carbocycles. The Hall–Kier alpha value is -1.91. The van der Waals surface area contributed by atoms with Crippen LogP contribution in [0, 0.1) is 6.92 Å². The number of phenolic OH excluding ortho intramolecular Hbond substituents is 1. The zero-order chi connectivity index (χ0) is 17.0. The number of nitrogens with two attached hydrogens (primary N) is 1. The molecular weight excluding hydrogens is 337 g/mol. The number of rotatable bonds is 6. The van der Waals surface area contributed by atoms with E-state index in [-0.39, 0.29) is 21.6 Å². The van der Waals surface area contributed by atoms with Gasteiger partial charge in [0, 0.05) is 23.7 Å². The quantitative estimate of drug-likeness (QED) is 0.451. The third-order valence-corrected chi connectivity index (χ3v) is 3.93. The Bertz CT molecular complexity index is 709. The largest absolute Gasteiger partial charge is 0.505 e. The maximum atomic E-state index is 12.1. The summed E-state index contributed by atoms with van der Waals surface area (Å²) in [4.78, 5) is 12.1. The second-order valence-corrected chi connectivity index (χ2v) is 6.00. The molecule has 0 fully saturated rings. The van der Waals surface area contributed by atoms with Crippen molar-refractivity contribution < 1.29 is 14.6 Å². The number of nitrogen functional groups attached to an aromatic ring is 1. The highest BCUT2D eigenvalue weighted by Crippen LogP contribution is 2.33. The van der Waals surface area contributed by atoms with Crippen molar-refractivity contribution in [1.29, 1.82) is 0 Å². The van der Waals surface area contributed by atoms with Crippen LogP contribution in [0.15, 0.2) is 30.3 Å². The lowest BCUT2D eigenvalue weighted by molar-refractivity contribution is 0.0973. The third kappa shape index (κ3) is 4.53. The molecule has 0 spiro atoms. The summed E-state index contributed by atoms with van der Waals surface area (Å²) in [5.41, 5.74) is 7.71. The van der Waals surface area contributed by atoms with Crippen molar-refractivity contribution >= 4 is 34.7 Å². The molecule has 0 atom stereocenters. The minimum atomic E-state index is -0.217. The number of aromatic hydroxyl groups is 1. The molecule has 6 heteroatoms. The van der Waals surface area contributed by atoms with Gasteiger partial charge in [0.25, 0.3) is 0 Å². The molecule has 23 heavy (non-hydrogen) atoms. The number of halogens is 2. The summed E-state index contributed by atoms with van der Waals surface area (Å²) < 4.78 is 5.65. The van der Waals surface area contributed by atoms with Crippen LogP contribution in [0.3, 0.4) is 0 Å². The maximum Gasteiger partial charge on any atom is 0.163 e. The fourth-order valence-electron chi connectivity index (χ4n) is 2.06. The first-order valence-electron chi connectivity index (χ1n) is 7.08. The van der Waals surface area contributed by atoms with Crippen LogP contribution in [0.4, 0.5) is 5.69 Å². The van der Waals surface area contributed by atoms with Crippen LogP contribution in [-0.4, -0.2) is 17.5 Å². The maximum absolute atomic E-state index is 12.1. The Morgan fingerprint density at radius 1 is 1.22 bits per heavy atom. The number of hydrogen-bond acceptors (Lipinski definition) is 4. The van der Waals surface area contributed by atoms with Gasteiger partial charge < -0.3 is 15.6 Å². The molecule has 3 N–H and O–H groups in total. The van der Waals surface area contributed by atoms with Gasteiger partial charge in [-0.15, -0.1) is 0 Å². The number of benzene rings is 2. The van der Waals surface area contributed by atoms with Crippen molar-refractivity contribution in [2.75, 3.05) is 12.3 Å². The fraction of sp³-hybridized carbons (Fsp3) is 0.235. The number of ketones is 1. The number of anilines is 1. The topological polar surface area (TPSA) is 72.5 Å². The van der Waals surface area contributed by atoms with Gasteiger partial charge in [0.1, 0.15) is 5.75 Å². The van der Waals surface area contributed by atoms with Gasteiger partial charge in [-0.3, -0.25) is 4.79 Å². The number of carbonyl (C=O) groups is 1. The molecule has 0 radical (unpaired) electrons. The number of Topliss-reactive ketones (excluding diaryl/α,β-unsaturated/α-hetero) is 1. The summed E-state index contributed by atoms with van der Waals surface area (Å²) in [6, 6.07) is 8.28. The van der Waals surface area contributed by atoms with Gasteiger partial charge in [0.15, 0.2) is 11.5 Å². The first-order chi connectivity index (χ1) is 10.9. The van der Waals surface area contributed by atoms with E-state index in [0.717, 1.165) is 5.56 Å². The van der Waals surface area contributed by atoms with E-state index >= 15 is 0 Å². The van der Waals surface area contributed by atoms with Gasteiger partial charge in [0.05, 0.1) is 16.7 Å². The molecule has 2 aromatic carbocycles. The number of ether oxygens (including phenoxy) is 1. The molecule has 0 bridgehead atoms. The normalized spacial score (nSPS) is 10.6. The van der Waals surface area contributed by atoms with Crippen molar-refractivity contribution in [3.05, 3.63) is 51.5 Å². The smallest absolute Gasteiger partial charge is 0.163 e. The van der Waals surface area contributed by atoms with Crippen molar-refractivity contribution in [2.45, 2.75) is 19.8 Å². The van der Waals surface area contributed by atoms with Crippen LogP contribution in [0.5, 0.6) is 11.5 Å². The predicted octanol–water partition coefficient (Wildman–Crippen LogP) is 4.63. The van der Waals surface area contributed by atoms with Crippen molar-refractivity contribution in [3.8, 4) is 11.5 Å². The monoisotopic (exact) mass is 353 g/mol. The molecule has 2 rings (SSSR count). The highest BCUT2D eigenvalue weighted by Gasteiger charge is 2.12. The molecule has 0 saturated heterocycles. The number of carbonyl (C=O) groups excluding carboxylic acids is 1. The molecule has 0 saturated carbocycles. The van der Waals surface area contributed by atoms with Gasteiger partial charge >= 0.3 is 0 Å². The molecular formula is C17H17Cl2NO3. The van der Waals surface area contributed by atoms with E-state index < -0.39 is 0 Å². The molecule has 0 unspecified atom stereocenters. The van der Waals surface area contributed by atoms with E-state index in [9.17, 15) is 9.90 Å². The van der Waals surface area contributed by atoms with Crippen LogP contribution in [0.2, 0.25) is 10.0 Å². The zero-order valence-electron chi connectivity index (χ0n) is 12.6. The van der Waals surface area contributed by atoms with Gasteiger partial charge in [-0.1, -0.05) is 29.3 Å². The van der Waals surface area contributed by atoms with Crippen LogP contribution in [0.25, 0.3) is 0 Å². The molecule has 0 amide bonds. The molecule has 122 valence electrons. The van der Waals surface area contributed by atoms with E-state index in [1.54, 1.807) is 6.07 Å². The standard InChI is InChI=1S/C17H17Cl2NO3/c1-10-4-5-12(20)9-16(10)23-6-2-3-15(21)11-7-13(18)17(22)14(19)8-11/h4-5,7-9,22H,2-3,6,20H2,1H3. The predicted molar refractivity (Wildman–Crippen MR) is 92.8 cm³/mol. The second kappa shape index (κ2) is 7.57. The van der Waals surface area contributed by atoms with Crippen molar-refractivity contribution in [1.82, 2.24) is 0 Å². The van der Waals surface area contributed by atoms with Crippen LogP contribution in [0.1, 0.15) is 28.8 Å².